The molecule has 0 radical (unpaired) electrons. The van der Waals surface area contributed by atoms with E-state index in [0.717, 1.165) is 5.56 Å². The number of anilines is 1. The van der Waals surface area contributed by atoms with Crippen LogP contribution in [-0.2, 0) is 11.3 Å². The van der Waals surface area contributed by atoms with Gasteiger partial charge in [-0.1, -0.05) is 65.3 Å². The summed E-state index contributed by atoms with van der Waals surface area (Å²) in [6, 6.07) is 11.4. The first-order chi connectivity index (χ1) is 16.7. The molecular formula is C25H27BrFN5O2S. The van der Waals surface area contributed by atoms with Crippen LogP contribution in [0.15, 0.2) is 64.7 Å². The van der Waals surface area contributed by atoms with Crippen LogP contribution >= 0.6 is 27.7 Å². The second kappa shape index (κ2) is 12.1. The fourth-order valence-electron chi connectivity index (χ4n) is 3.39. The van der Waals surface area contributed by atoms with Crippen LogP contribution < -0.4 is 10.6 Å². The van der Waals surface area contributed by atoms with E-state index in [1.54, 1.807) is 18.2 Å². The number of halogens is 2. The van der Waals surface area contributed by atoms with Crippen LogP contribution in [-0.4, -0.2) is 32.3 Å². The molecule has 2 aromatic carbocycles. The summed E-state index contributed by atoms with van der Waals surface area (Å²) in [5.74, 6) is -0.503. The molecule has 7 nitrogen and oxygen atoms in total. The number of hydrogen-bond acceptors (Lipinski definition) is 5. The molecule has 10 heteroatoms. The summed E-state index contributed by atoms with van der Waals surface area (Å²) >= 11 is 4.37. The average Bonchev–Trinajstić information content (AvgIpc) is 3.20. The lowest BCUT2D eigenvalue weighted by molar-refractivity contribution is -0.113. The molecule has 1 heterocycles. The lowest BCUT2D eigenvalue weighted by Gasteiger charge is -2.22. The minimum absolute atomic E-state index is 0.00672. The molecule has 0 saturated carbocycles. The summed E-state index contributed by atoms with van der Waals surface area (Å²) in [5, 5.41) is 14.7. The van der Waals surface area contributed by atoms with Crippen LogP contribution in [0.4, 0.5) is 10.1 Å². The molecule has 1 aromatic heterocycles. The Morgan fingerprint density at radius 1 is 1.23 bits per heavy atom. The minimum atomic E-state index is -0.529. The van der Waals surface area contributed by atoms with Crippen molar-refractivity contribution in [2.24, 2.45) is 5.92 Å². The van der Waals surface area contributed by atoms with Gasteiger partial charge in [-0.3, -0.25) is 9.59 Å². The van der Waals surface area contributed by atoms with Gasteiger partial charge in [0.2, 0.25) is 5.91 Å². The monoisotopic (exact) mass is 559 g/mol. The molecule has 2 N–H and O–H groups in total. The van der Waals surface area contributed by atoms with Crippen LogP contribution in [0, 0.1) is 18.7 Å². The maximum absolute atomic E-state index is 14.0. The predicted molar refractivity (Wildman–Crippen MR) is 140 cm³/mol. The van der Waals surface area contributed by atoms with Gasteiger partial charge in [-0.25, -0.2) is 4.39 Å². The second-order valence-electron chi connectivity index (χ2n) is 8.27. The number of benzene rings is 2. The molecule has 3 aromatic rings. The predicted octanol–water partition coefficient (Wildman–Crippen LogP) is 5.53. The zero-order chi connectivity index (χ0) is 25.5. The highest BCUT2D eigenvalue weighted by atomic mass is 79.9. The topological polar surface area (TPSA) is 88.9 Å². The highest BCUT2D eigenvalue weighted by molar-refractivity contribution is 9.10. The Balaban J connectivity index is 1.75. The number of carbonyl (C=O) groups is 2. The molecule has 0 saturated heterocycles. The number of nitrogens with zero attached hydrogens (tertiary/aromatic N) is 3. The second-order valence-corrected chi connectivity index (χ2v) is 10.1. The fourth-order valence-corrected chi connectivity index (χ4v) is 4.47. The van der Waals surface area contributed by atoms with Crippen LogP contribution in [0.5, 0.6) is 0 Å². The van der Waals surface area contributed by atoms with Gasteiger partial charge in [0, 0.05) is 16.6 Å². The molecule has 184 valence electrons. The quantitative estimate of drug-likeness (QED) is 0.252. The average molecular weight is 560 g/mol. The van der Waals surface area contributed by atoms with Gasteiger partial charge in [-0.05, 0) is 43.2 Å². The smallest absolute Gasteiger partial charge is 0.251 e. The van der Waals surface area contributed by atoms with Gasteiger partial charge in [0.05, 0.1) is 17.5 Å². The van der Waals surface area contributed by atoms with Gasteiger partial charge in [0.1, 0.15) is 5.82 Å². The van der Waals surface area contributed by atoms with Crippen molar-refractivity contribution in [3.05, 3.63) is 82.4 Å². The van der Waals surface area contributed by atoms with E-state index < -0.39 is 11.9 Å². The third kappa shape index (κ3) is 7.02. The van der Waals surface area contributed by atoms with Gasteiger partial charge < -0.3 is 15.2 Å². The van der Waals surface area contributed by atoms with Gasteiger partial charge in [-0.15, -0.1) is 16.8 Å². The normalized spacial score (nSPS) is 11.8. The number of allylic oxidation sites excluding steroid dienone is 1. The molecule has 0 aliphatic carbocycles. The molecule has 0 aliphatic rings. The number of hydrogen-bond donors (Lipinski definition) is 2. The van der Waals surface area contributed by atoms with Crippen molar-refractivity contribution < 1.29 is 14.0 Å². The van der Waals surface area contributed by atoms with E-state index in [4.69, 9.17) is 0 Å². The number of amides is 2. The third-order valence-electron chi connectivity index (χ3n) is 5.11. The van der Waals surface area contributed by atoms with Crippen LogP contribution in [0.25, 0.3) is 0 Å². The molecule has 2 amide bonds. The first-order valence-corrected chi connectivity index (χ1v) is 12.8. The number of aromatic nitrogens is 3. The Morgan fingerprint density at radius 2 is 2.00 bits per heavy atom. The number of thioether (sulfide) groups is 1. The van der Waals surface area contributed by atoms with Crippen LogP contribution in [0.1, 0.15) is 41.6 Å². The van der Waals surface area contributed by atoms with E-state index in [1.807, 2.05) is 43.5 Å². The van der Waals surface area contributed by atoms with Crippen molar-refractivity contribution in [1.82, 2.24) is 20.1 Å². The van der Waals surface area contributed by atoms with E-state index >= 15 is 0 Å². The van der Waals surface area contributed by atoms with Crippen LogP contribution in [0.2, 0.25) is 0 Å². The van der Waals surface area contributed by atoms with Crippen molar-refractivity contribution in [3.63, 3.8) is 0 Å². The van der Waals surface area contributed by atoms with E-state index in [1.165, 1.54) is 23.9 Å². The van der Waals surface area contributed by atoms with E-state index in [0.29, 0.717) is 27.6 Å². The SMILES string of the molecule is C=CCn1c(SCC(=O)Nc2ccc(Br)cc2F)nnc1[C@H](NC(=O)c1cccc(C)c1)C(C)C. The lowest BCUT2D eigenvalue weighted by Crippen LogP contribution is -2.34. The summed E-state index contributed by atoms with van der Waals surface area (Å²) in [7, 11) is 0. The number of aryl methyl sites for hydroxylation is 1. The minimum Gasteiger partial charge on any atom is -0.342 e. The molecule has 0 spiro atoms. The Hall–Kier alpha value is -2.98. The van der Waals surface area contributed by atoms with Gasteiger partial charge in [0.25, 0.3) is 5.91 Å². The first kappa shape index (κ1) is 26.6. The zero-order valence-corrected chi connectivity index (χ0v) is 22.1. The lowest BCUT2D eigenvalue weighted by atomic mass is 10.0. The molecule has 0 fully saturated rings. The van der Waals surface area contributed by atoms with E-state index in [9.17, 15) is 14.0 Å². The highest BCUT2D eigenvalue weighted by Crippen LogP contribution is 2.26. The molecular weight excluding hydrogens is 533 g/mol. The summed E-state index contributed by atoms with van der Waals surface area (Å²) < 4.78 is 16.4. The number of rotatable bonds is 10. The van der Waals surface area contributed by atoms with Crippen LogP contribution in [0.3, 0.4) is 0 Å². The van der Waals surface area contributed by atoms with Crippen molar-refractivity contribution in [1.29, 1.82) is 0 Å². The van der Waals surface area contributed by atoms with E-state index in [-0.39, 0.29) is 29.2 Å². The number of carbonyl (C=O) groups excluding carboxylic acids is 2. The maximum atomic E-state index is 14.0. The zero-order valence-electron chi connectivity index (χ0n) is 19.7. The van der Waals surface area contributed by atoms with Gasteiger partial charge in [-0.2, -0.15) is 0 Å². The first-order valence-electron chi connectivity index (χ1n) is 11.0. The summed E-state index contributed by atoms with van der Waals surface area (Å²) in [5.41, 5.74) is 1.66. The van der Waals surface area contributed by atoms with Gasteiger partial charge in [0.15, 0.2) is 11.0 Å². The highest BCUT2D eigenvalue weighted by Gasteiger charge is 2.26. The molecule has 0 bridgehead atoms. The Morgan fingerprint density at radius 3 is 2.66 bits per heavy atom. The summed E-state index contributed by atoms with van der Waals surface area (Å²) in [6.07, 6.45) is 1.70. The van der Waals surface area contributed by atoms with Crippen molar-refractivity contribution in [2.75, 3.05) is 11.1 Å². The summed E-state index contributed by atoms with van der Waals surface area (Å²) in [6.45, 7) is 10.1. The van der Waals surface area contributed by atoms with Crippen molar-refractivity contribution in [2.45, 2.75) is 38.5 Å². The maximum Gasteiger partial charge on any atom is 0.251 e. The van der Waals surface area contributed by atoms with Gasteiger partial charge >= 0.3 is 0 Å². The molecule has 0 aliphatic heterocycles. The molecule has 0 unspecified atom stereocenters. The van der Waals surface area contributed by atoms with Crippen molar-refractivity contribution >= 4 is 45.2 Å². The standard InChI is InChI=1S/C25H27BrFN5O2S/c1-5-11-32-23(22(15(2)3)29-24(34)17-8-6-7-16(4)12-17)30-31-25(32)35-14-21(33)28-20-10-9-18(26)13-19(20)27/h5-10,12-13,15,22H,1,11,14H2,2-4H3,(H,28,33)(H,29,34)/t22-/m1/s1. The third-order valence-corrected chi connectivity index (χ3v) is 6.57. The van der Waals surface area contributed by atoms with E-state index in [2.05, 4.69) is 43.3 Å². The molecule has 35 heavy (non-hydrogen) atoms. The molecule has 1 atom stereocenters. The Labute approximate surface area is 216 Å². The Kier molecular flexibility index (Phi) is 9.22. The summed E-state index contributed by atoms with van der Waals surface area (Å²) in [4.78, 5) is 25.3. The largest absolute Gasteiger partial charge is 0.342 e. The Bertz CT molecular complexity index is 1230. The molecule has 3 rings (SSSR count). The fraction of sp³-hybridized carbons (Fsp3) is 0.280. The number of nitrogens with one attached hydrogen (secondary N) is 2. The van der Waals surface area contributed by atoms with Crippen molar-refractivity contribution in [3.8, 4) is 0 Å².